The molecule has 0 aliphatic rings. The van der Waals surface area contributed by atoms with Crippen LogP contribution in [0.4, 0.5) is 37.7 Å². The minimum atomic E-state index is -4.50. The van der Waals surface area contributed by atoms with E-state index in [1.165, 1.54) is 18.2 Å². The van der Waals surface area contributed by atoms with Crippen molar-refractivity contribution in [3.63, 3.8) is 0 Å². The number of nitrogens with two attached hydrogens (primary N) is 1. The number of alkyl halides is 6. The van der Waals surface area contributed by atoms with E-state index in [0.717, 1.165) is 80.1 Å². The zero-order valence-corrected chi connectivity index (χ0v) is 44.5. The number of amides is 3. The van der Waals surface area contributed by atoms with Crippen LogP contribution in [0.1, 0.15) is 115 Å². The monoisotopic (exact) mass is 1120 g/mol. The minimum absolute atomic E-state index is 0.0138. The van der Waals surface area contributed by atoms with E-state index in [1.807, 2.05) is 20.8 Å². The third-order valence-corrected chi connectivity index (χ3v) is 12.4. The molecule has 2 atom stereocenters. The molecule has 424 valence electrons. The Morgan fingerprint density at radius 1 is 0.543 bits per heavy atom. The molecule has 0 fully saturated rings. The number of rotatable bonds is 15. The molecule has 0 bridgehead atoms. The van der Waals surface area contributed by atoms with E-state index >= 15 is 0 Å². The van der Waals surface area contributed by atoms with E-state index in [4.69, 9.17) is 5.73 Å². The number of carbonyl (C=O) groups excluding carboxylic acids is 3. The van der Waals surface area contributed by atoms with Gasteiger partial charge in [-0.15, -0.1) is 0 Å². The molecule has 0 radical (unpaired) electrons. The summed E-state index contributed by atoms with van der Waals surface area (Å²) in [5.74, 6) is -2.58. The van der Waals surface area contributed by atoms with Gasteiger partial charge in [0, 0.05) is 23.5 Å². The second-order valence-electron chi connectivity index (χ2n) is 18.5. The Labute approximate surface area is 459 Å². The van der Waals surface area contributed by atoms with Gasteiger partial charge in [0.25, 0.3) is 17.7 Å². The van der Waals surface area contributed by atoms with Crippen LogP contribution in [-0.4, -0.2) is 80.5 Å². The van der Waals surface area contributed by atoms with Gasteiger partial charge in [-0.25, -0.2) is 14.4 Å². The first-order valence-electron chi connectivity index (χ1n) is 25.0. The minimum Gasteiger partial charge on any atom is -0.478 e. The van der Waals surface area contributed by atoms with Crippen molar-refractivity contribution in [3.05, 3.63) is 210 Å². The summed E-state index contributed by atoms with van der Waals surface area (Å²) >= 11 is 0. The van der Waals surface area contributed by atoms with Crippen molar-refractivity contribution in [2.24, 2.45) is 5.73 Å². The van der Waals surface area contributed by atoms with Gasteiger partial charge in [-0.05, 0) is 169 Å². The molecular weight excluding hydrogens is 1070 g/mol. The maximum absolute atomic E-state index is 13.1. The largest absolute Gasteiger partial charge is 0.478 e. The molecule has 8 aromatic rings. The van der Waals surface area contributed by atoms with Crippen LogP contribution in [0.3, 0.4) is 0 Å². The number of aromatic nitrogens is 8. The zero-order valence-electron chi connectivity index (χ0n) is 44.5. The lowest BCUT2D eigenvalue weighted by atomic mass is 10.0. The summed E-state index contributed by atoms with van der Waals surface area (Å²) in [6.07, 6.45) is -7.15. The third-order valence-electron chi connectivity index (χ3n) is 12.4. The van der Waals surface area contributed by atoms with Gasteiger partial charge in [0.15, 0.2) is 0 Å². The van der Waals surface area contributed by atoms with E-state index < -0.39 is 52.6 Å². The van der Waals surface area contributed by atoms with Gasteiger partial charge in [0.2, 0.25) is 0 Å². The molecule has 6 aromatic carbocycles. The second kappa shape index (κ2) is 26.4. The average molecular weight is 1120 g/mol. The molecule has 0 aliphatic heterocycles. The van der Waals surface area contributed by atoms with Crippen LogP contribution in [0.15, 0.2) is 143 Å². The normalized spacial score (nSPS) is 12.0. The van der Waals surface area contributed by atoms with Gasteiger partial charge in [0.1, 0.15) is 0 Å². The first-order chi connectivity index (χ1) is 38.3. The molecule has 6 N–H and O–H groups in total. The second-order valence-corrected chi connectivity index (χ2v) is 18.5. The summed E-state index contributed by atoms with van der Waals surface area (Å²) < 4.78 is 80.7. The quantitative estimate of drug-likeness (QED) is 0.0603. The lowest BCUT2D eigenvalue weighted by Gasteiger charge is -2.15. The van der Waals surface area contributed by atoms with Crippen LogP contribution in [-0.2, 0) is 25.4 Å². The first-order valence-corrected chi connectivity index (χ1v) is 25.0. The number of halogens is 6. The maximum Gasteiger partial charge on any atom is 0.416 e. The maximum atomic E-state index is 13.1. The van der Waals surface area contributed by atoms with Gasteiger partial charge >= 0.3 is 29.7 Å². The number of anilines is 2. The standard InChI is InChI=1S/C28H27F3N6O3.C24H18F3N5O4.C4H11N/c1-4-18(3)32-25(38)22-7-5-6-8-23(22)26(39)33-24-14-9-19(15-17(24)2)16-36-27(40)37(35-34-36)21-12-10-20(11-13-21)28(29,30)31;1-14-12-15(6-11-20(14)28-21(33)18-4-2-3-5-19(18)22(34)35)13-31-23(36)32(30-29-31)17-9-7-16(8-10-17)24(25,26)27;1-3-4(2)5/h5-15,18H,4,16H2,1-3H3,(H,32,38)(H,33,39);2-12H,13H2,1H3,(H,28,33)(H,34,35);4H,3,5H2,1-2H3. The summed E-state index contributed by atoms with van der Waals surface area (Å²) in [7, 11) is 0. The third kappa shape index (κ3) is 15.8. The Bertz CT molecular complexity index is 3640. The smallest absolute Gasteiger partial charge is 0.416 e. The number of nitrogens with one attached hydrogen (secondary N) is 3. The van der Waals surface area contributed by atoms with Crippen LogP contribution in [0, 0.1) is 13.8 Å². The fraction of sp³-hybridized carbons (Fsp3) is 0.250. The Morgan fingerprint density at radius 2 is 0.901 bits per heavy atom. The Kier molecular flexibility index (Phi) is 19.8. The van der Waals surface area contributed by atoms with Crippen molar-refractivity contribution in [1.29, 1.82) is 0 Å². The fourth-order valence-electron chi connectivity index (χ4n) is 7.46. The number of aromatic carboxylic acids is 1. The first kappa shape index (κ1) is 60.7. The Hall–Kier alpha value is -9.52. The summed E-state index contributed by atoms with van der Waals surface area (Å²) in [5, 5.41) is 32.8. The number of hydrogen-bond donors (Lipinski definition) is 5. The number of carboxylic acids is 1. The van der Waals surface area contributed by atoms with Crippen LogP contribution < -0.4 is 33.1 Å². The van der Waals surface area contributed by atoms with Crippen LogP contribution in [0.2, 0.25) is 0 Å². The van der Waals surface area contributed by atoms with Crippen molar-refractivity contribution in [2.45, 2.75) is 91.9 Å². The molecule has 2 heterocycles. The molecule has 0 spiro atoms. The van der Waals surface area contributed by atoms with Crippen LogP contribution in [0.5, 0.6) is 0 Å². The van der Waals surface area contributed by atoms with Gasteiger partial charge in [-0.1, -0.05) is 62.4 Å². The van der Waals surface area contributed by atoms with Crippen LogP contribution >= 0.6 is 0 Å². The lowest BCUT2D eigenvalue weighted by molar-refractivity contribution is -0.138. The Morgan fingerprint density at radius 3 is 1.23 bits per heavy atom. The number of nitrogens with zero attached hydrogens (tertiary/aromatic N) is 8. The number of carboxylic acid groups (broad SMARTS) is 1. The molecule has 3 amide bonds. The molecule has 19 nitrogen and oxygen atoms in total. The highest BCUT2D eigenvalue weighted by Crippen LogP contribution is 2.31. The summed E-state index contributed by atoms with van der Waals surface area (Å²) in [6.45, 7) is 11.5. The van der Waals surface area contributed by atoms with E-state index in [9.17, 15) is 60.2 Å². The topological polar surface area (TPSA) is 256 Å². The Balaban J connectivity index is 0.000000242. The molecule has 0 saturated heterocycles. The average Bonchev–Trinajstić information content (AvgIpc) is 4.05. The molecule has 2 unspecified atom stereocenters. The summed E-state index contributed by atoms with van der Waals surface area (Å²) in [4.78, 5) is 75.2. The number of benzene rings is 6. The molecule has 2 aromatic heterocycles. The fourth-order valence-corrected chi connectivity index (χ4v) is 7.46. The van der Waals surface area contributed by atoms with E-state index in [2.05, 4.69) is 43.7 Å². The van der Waals surface area contributed by atoms with Crippen molar-refractivity contribution >= 4 is 35.1 Å². The van der Waals surface area contributed by atoms with Crippen molar-refractivity contribution in [3.8, 4) is 11.4 Å². The number of aryl methyl sites for hydroxylation is 2. The van der Waals surface area contributed by atoms with E-state index in [1.54, 1.807) is 80.6 Å². The molecular formula is C56H56F6N12O7. The van der Waals surface area contributed by atoms with Gasteiger partial charge < -0.3 is 26.8 Å². The van der Waals surface area contributed by atoms with Crippen LogP contribution in [0.25, 0.3) is 11.4 Å². The van der Waals surface area contributed by atoms with Crippen molar-refractivity contribution in [1.82, 2.24) is 44.9 Å². The summed E-state index contributed by atoms with van der Waals surface area (Å²) in [5.41, 5.74) is 6.68. The zero-order chi connectivity index (χ0) is 59.3. The van der Waals surface area contributed by atoms with E-state index in [-0.39, 0.29) is 58.7 Å². The number of hydrogen-bond acceptors (Lipinski definition) is 11. The summed E-state index contributed by atoms with van der Waals surface area (Å²) in [6, 6.07) is 30.8. The molecule has 25 heteroatoms. The van der Waals surface area contributed by atoms with Crippen molar-refractivity contribution in [2.75, 3.05) is 10.6 Å². The molecule has 8 rings (SSSR count). The SMILES string of the molecule is CCC(C)N.CCC(C)NC(=O)c1ccccc1C(=O)Nc1ccc(Cn2nnn(-c3ccc(C(F)(F)F)cc3)c2=O)cc1C.Cc1cc(Cn2nnn(-c3ccc(C(F)(F)F)cc3)c2=O)ccc1NC(=O)c1ccccc1C(=O)O. The lowest BCUT2D eigenvalue weighted by Crippen LogP contribution is -2.33. The highest BCUT2D eigenvalue weighted by molar-refractivity contribution is 6.12. The molecule has 81 heavy (non-hydrogen) atoms. The number of tetrazole rings is 2. The molecule has 0 aliphatic carbocycles. The van der Waals surface area contributed by atoms with E-state index in [0.29, 0.717) is 39.7 Å². The highest BCUT2D eigenvalue weighted by atomic mass is 19.4. The molecule has 0 saturated carbocycles. The predicted molar refractivity (Wildman–Crippen MR) is 289 cm³/mol. The number of carbonyl (C=O) groups is 4. The highest BCUT2D eigenvalue weighted by Gasteiger charge is 2.31. The van der Waals surface area contributed by atoms with Gasteiger partial charge in [-0.3, -0.25) is 14.4 Å². The van der Waals surface area contributed by atoms with Gasteiger partial charge in [0.05, 0.1) is 57.8 Å². The predicted octanol–water partition coefficient (Wildman–Crippen LogP) is 9.08. The van der Waals surface area contributed by atoms with Crippen molar-refractivity contribution < 1.29 is 50.6 Å². The van der Waals surface area contributed by atoms with Gasteiger partial charge in [-0.2, -0.15) is 45.1 Å².